The highest BCUT2D eigenvalue weighted by molar-refractivity contribution is 6.14. The molecule has 5 heteroatoms. The monoisotopic (exact) mass is 436 g/mol. The van der Waals surface area contributed by atoms with E-state index in [4.69, 9.17) is 9.98 Å². The normalized spacial score (nSPS) is 12.8. The number of pyridine rings is 1. The van der Waals surface area contributed by atoms with Crippen molar-refractivity contribution in [3.05, 3.63) is 84.1 Å². The molecule has 1 aromatic heterocycles. The maximum atomic E-state index is 9.67. The first-order chi connectivity index (χ1) is 16.1. The predicted octanol–water partition coefficient (Wildman–Crippen LogP) is 5.65. The Morgan fingerprint density at radius 2 is 1.76 bits per heavy atom. The van der Waals surface area contributed by atoms with Gasteiger partial charge in [0.2, 0.25) is 0 Å². The van der Waals surface area contributed by atoms with Crippen molar-refractivity contribution in [1.29, 1.82) is 0 Å². The third-order valence-corrected chi connectivity index (χ3v) is 6.07. The van der Waals surface area contributed by atoms with Gasteiger partial charge in [-0.15, -0.1) is 0 Å². The van der Waals surface area contributed by atoms with E-state index in [1.54, 1.807) is 12.1 Å². The molecule has 1 aliphatic rings. The Hall–Kier alpha value is -3.70. The van der Waals surface area contributed by atoms with E-state index in [0.29, 0.717) is 0 Å². The van der Waals surface area contributed by atoms with Gasteiger partial charge in [0.25, 0.3) is 0 Å². The summed E-state index contributed by atoms with van der Waals surface area (Å²) in [6.45, 7) is 1.89. The number of phenolic OH excluding ortho intramolecular Hbond substituents is 1. The molecule has 0 unspecified atom stereocenters. The Kier molecular flexibility index (Phi) is 5.80. The van der Waals surface area contributed by atoms with Crippen LogP contribution in [0.15, 0.2) is 77.9 Å². The van der Waals surface area contributed by atoms with E-state index in [9.17, 15) is 5.11 Å². The Labute approximate surface area is 194 Å². The van der Waals surface area contributed by atoms with Crippen LogP contribution in [0, 0.1) is 0 Å². The molecule has 0 bridgehead atoms. The third kappa shape index (κ3) is 4.45. The van der Waals surface area contributed by atoms with Gasteiger partial charge in [0.1, 0.15) is 5.75 Å². The molecule has 2 N–H and O–H groups in total. The molecule has 33 heavy (non-hydrogen) atoms. The van der Waals surface area contributed by atoms with E-state index >= 15 is 0 Å². The number of phenols is 1. The first-order valence-corrected chi connectivity index (χ1v) is 11.3. The van der Waals surface area contributed by atoms with E-state index in [1.165, 1.54) is 5.56 Å². The number of hydrogen-bond acceptors (Lipinski definition) is 5. The van der Waals surface area contributed by atoms with Crippen LogP contribution in [-0.2, 0) is 6.42 Å². The van der Waals surface area contributed by atoms with Gasteiger partial charge in [-0.2, -0.15) is 0 Å². The molecule has 2 heterocycles. The maximum Gasteiger partial charge on any atom is 0.115 e. The number of fused-ring (bicyclic) bond motifs is 2. The number of nitrogens with one attached hydrogen (secondary N) is 1. The van der Waals surface area contributed by atoms with Crippen molar-refractivity contribution in [3.8, 4) is 16.9 Å². The molecule has 5 nitrogen and oxygen atoms in total. The molecule has 4 aromatic rings. The average Bonchev–Trinajstić information content (AvgIpc) is 3.26. The van der Waals surface area contributed by atoms with Gasteiger partial charge in [0.05, 0.1) is 22.6 Å². The number of anilines is 1. The van der Waals surface area contributed by atoms with Crippen molar-refractivity contribution in [2.45, 2.75) is 12.8 Å². The standard InChI is InChI=1S/C28H28N4O/c1-32(2)15-5-14-29-28-23-16-20(19-8-11-22(33)12-9-19)10-13-26(23)30-18-24(28)27-17-21-6-3-4-7-25(21)31-27/h3-4,6-13,16,18,33H,5,14-15,17H2,1-2H3,(H,29,30). The first kappa shape index (κ1) is 21.2. The molecule has 0 fully saturated rings. The van der Waals surface area contributed by atoms with Crippen molar-refractivity contribution >= 4 is 28.0 Å². The highest BCUT2D eigenvalue weighted by Gasteiger charge is 2.20. The fraction of sp³-hybridized carbons (Fsp3) is 0.214. The third-order valence-electron chi connectivity index (χ3n) is 6.07. The molecule has 166 valence electrons. The van der Waals surface area contributed by atoms with Crippen molar-refractivity contribution in [2.24, 2.45) is 4.99 Å². The summed E-state index contributed by atoms with van der Waals surface area (Å²) in [6.07, 6.45) is 3.82. The molecule has 0 radical (unpaired) electrons. The van der Waals surface area contributed by atoms with Crippen molar-refractivity contribution in [2.75, 3.05) is 32.5 Å². The second-order valence-corrected chi connectivity index (χ2v) is 8.77. The van der Waals surface area contributed by atoms with Crippen LogP contribution >= 0.6 is 0 Å². The molecule has 0 saturated carbocycles. The second-order valence-electron chi connectivity index (χ2n) is 8.77. The summed E-state index contributed by atoms with van der Waals surface area (Å²) >= 11 is 0. The lowest BCUT2D eigenvalue weighted by molar-refractivity contribution is 0.405. The van der Waals surface area contributed by atoms with E-state index in [-0.39, 0.29) is 5.75 Å². The smallest absolute Gasteiger partial charge is 0.115 e. The highest BCUT2D eigenvalue weighted by atomic mass is 16.3. The highest BCUT2D eigenvalue weighted by Crippen LogP contribution is 2.35. The molecular weight excluding hydrogens is 408 g/mol. The van der Waals surface area contributed by atoms with E-state index in [1.807, 2.05) is 24.4 Å². The van der Waals surface area contributed by atoms with Crippen molar-refractivity contribution < 1.29 is 5.11 Å². The largest absolute Gasteiger partial charge is 0.508 e. The summed E-state index contributed by atoms with van der Waals surface area (Å²) < 4.78 is 0. The SMILES string of the molecule is CN(C)CCCNc1c(C2=Nc3ccccc3C2)cnc2ccc(-c3ccc(O)cc3)cc12. The lowest BCUT2D eigenvalue weighted by Crippen LogP contribution is -2.17. The topological polar surface area (TPSA) is 60.8 Å². The Bertz CT molecular complexity index is 1330. The fourth-order valence-corrected chi connectivity index (χ4v) is 4.33. The van der Waals surface area contributed by atoms with Crippen LogP contribution < -0.4 is 5.32 Å². The predicted molar refractivity (Wildman–Crippen MR) is 137 cm³/mol. The quantitative estimate of drug-likeness (QED) is 0.368. The molecule has 0 atom stereocenters. The van der Waals surface area contributed by atoms with E-state index in [0.717, 1.165) is 70.6 Å². The Morgan fingerprint density at radius 3 is 2.55 bits per heavy atom. The van der Waals surface area contributed by atoms with Crippen LogP contribution in [0.4, 0.5) is 11.4 Å². The van der Waals surface area contributed by atoms with Crippen LogP contribution in [0.5, 0.6) is 5.75 Å². The number of para-hydroxylation sites is 1. The zero-order valence-electron chi connectivity index (χ0n) is 19.0. The number of rotatable bonds is 7. The lowest BCUT2D eigenvalue weighted by atomic mass is 9.98. The van der Waals surface area contributed by atoms with Crippen molar-refractivity contribution in [3.63, 3.8) is 0 Å². The van der Waals surface area contributed by atoms with Gasteiger partial charge in [0, 0.05) is 30.1 Å². The van der Waals surface area contributed by atoms with Gasteiger partial charge in [-0.25, -0.2) is 0 Å². The minimum Gasteiger partial charge on any atom is -0.508 e. The zero-order valence-corrected chi connectivity index (χ0v) is 19.0. The van der Waals surface area contributed by atoms with Crippen LogP contribution in [0.3, 0.4) is 0 Å². The number of hydrogen-bond donors (Lipinski definition) is 2. The number of aromatic hydroxyl groups is 1. The molecule has 0 amide bonds. The van der Waals surface area contributed by atoms with E-state index < -0.39 is 0 Å². The second kappa shape index (κ2) is 9.04. The Balaban J connectivity index is 1.58. The summed E-state index contributed by atoms with van der Waals surface area (Å²) in [4.78, 5) is 11.9. The van der Waals surface area contributed by atoms with Crippen LogP contribution in [-0.4, -0.2) is 47.9 Å². The molecular formula is C28H28N4O. The van der Waals surface area contributed by atoms with Gasteiger partial charge < -0.3 is 15.3 Å². The molecule has 1 aliphatic heterocycles. The van der Waals surface area contributed by atoms with Crippen LogP contribution in [0.1, 0.15) is 17.5 Å². The number of aliphatic imine (C=N–C) groups is 1. The van der Waals surface area contributed by atoms with E-state index in [2.05, 4.69) is 60.7 Å². The average molecular weight is 437 g/mol. The van der Waals surface area contributed by atoms with Gasteiger partial charge >= 0.3 is 0 Å². The number of aromatic nitrogens is 1. The minimum atomic E-state index is 0.269. The maximum absolute atomic E-state index is 9.67. The zero-order chi connectivity index (χ0) is 22.8. The molecule has 0 aliphatic carbocycles. The fourth-order valence-electron chi connectivity index (χ4n) is 4.33. The van der Waals surface area contributed by atoms with Crippen LogP contribution in [0.2, 0.25) is 0 Å². The minimum absolute atomic E-state index is 0.269. The number of benzene rings is 3. The molecule has 3 aromatic carbocycles. The van der Waals surface area contributed by atoms with Gasteiger partial charge in [-0.3, -0.25) is 9.98 Å². The summed E-state index contributed by atoms with van der Waals surface area (Å²) in [5.74, 6) is 0.269. The van der Waals surface area contributed by atoms with Crippen molar-refractivity contribution in [1.82, 2.24) is 9.88 Å². The first-order valence-electron chi connectivity index (χ1n) is 11.3. The summed E-state index contributed by atoms with van der Waals surface area (Å²) in [6, 6.07) is 22.0. The summed E-state index contributed by atoms with van der Waals surface area (Å²) in [5.41, 5.74) is 8.60. The summed E-state index contributed by atoms with van der Waals surface area (Å²) in [7, 11) is 4.20. The van der Waals surface area contributed by atoms with Gasteiger partial charge in [-0.05, 0) is 74.1 Å². The van der Waals surface area contributed by atoms with Crippen LogP contribution in [0.25, 0.3) is 22.0 Å². The molecule has 0 saturated heterocycles. The lowest BCUT2D eigenvalue weighted by Gasteiger charge is -2.17. The van der Waals surface area contributed by atoms with Gasteiger partial charge in [-0.1, -0.05) is 36.4 Å². The molecule has 5 rings (SSSR count). The molecule has 0 spiro atoms. The Morgan fingerprint density at radius 1 is 0.970 bits per heavy atom. The summed E-state index contributed by atoms with van der Waals surface area (Å²) in [5, 5.41) is 14.5. The number of nitrogens with zero attached hydrogens (tertiary/aromatic N) is 3. The van der Waals surface area contributed by atoms with Gasteiger partial charge in [0.15, 0.2) is 0 Å².